The molecule has 0 aliphatic carbocycles. The van der Waals surface area contributed by atoms with Gasteiger partial charge in [-0.1, -0.05) is 22.0 Å². The van der Waals surface area contributed by atoms with Crippen LogP contribution in [0.2, 0.25) is 0 Å². The largest absolute Gasteiger partial charge is 0.336 e. The normalized spacial score (nSPS) is 15.7. The summed E-state index contributed by atoms with van der Waals surface area (Å²) < 4.78 is 2.92. The summed E-state index contributed by atoms with van der Waals surface area (Å²) in [6.07, 6.45) is 2.13. The Morgan fingerprint density at radius 3 is 2.62 bits per heavy atom. The van der Waals surface area contributed by atoms with Crippen LogP contribution in [0.25, 0.3) is 0 Å². The molecular weight excluding hydrogens is 368 g/mol. The Morgan fingerprint density at radius 1 is 1.25 bits per heavy atom. The number of rotatable bonds is 4. The van der Waals surface area contributed by atoms with Crippen molar-refractivity contribution in [2.45, 2.75) is 26.9 Å². The molecule has 1 saturated heterocycles. The van der Waals surface area contributed by atoms with Crippen LogP contribution in [0.4, 0.5) is 0 Å². The van der Waals surface area contributed by atoms with Crippen molar-refractivity contribution in [2.75, 3.05) is 26.2 Å². The fourth-order valence-electron chi connectivity index (χ4n) is 3.03. The van der Waals surface area contributed by atoms with Crippen LogP contribution in [0.3, 0.4) is 0 Å². The first kappa shape index (κ1) is 17.2. The molecule has 0 saturated carbocycles. The first-order valence-electron chi connectivity index (χ1n) is 8.37. The van der Waals surface area contributed by atoms with E-state index in [-0.39, 0.29) is 5.91 Å². The minimum Gasteiger partial charge on any atom is -0.336 e. The lowest BCUT2D eigenvalue weighted by Crippen LogP contribution is -2.48. The smallest absolute Gasteiger partial charge is 0.253 e. The molecule has 1 aromatic carbocycles. The van der Waals surface area contributed by atoms with Crippen LogP contribution in [0, 0.1) is 6.92 Å². The molecule has 128 valence electrons. The van der Waals surface area contributed by atoms with Gasteiger partial charge in [0.15, 0.2) is 0 Å². The van der Waals surface area contributed by atoms with Crippen LogP contribution < -0.4 is 0 Å². The lowest BCUT2D eigenvalue weighted by Gasteiger charge is -2.34. The Morgan fingerprint density at radius 2 is 2.00 bits per heavy atom. The average molecular weight is 391 g/mol. The van der Waals surface area contributed by atoms with Crippen LogP contribution in [-0.2, 0) is 13.1 Å². The summed E-state index contributed by atoms with van der Waals surface area (Å²) in [6, 6.07) is 7.61. The number of amides is 1. The van der Waals surface area contributed by atoms with Gasteiger partial charge in [0.25, 0.3) is 5.91 Å². The summed E-state index contributed by atoms with van der Waals surface area (Å²) in [5, 5.41) is 4.51. The minimum atomic E-state index is 0.117. The fourth-order valence-corrected chi connectivity index (χ4v) is 3.43. The Kier molecular flexibility index (Phi) is 5.36. The molecule has 0 radical (unpaired) electrons. The highest BCUT2D eigenvalue weighted by Gasteiger charge is 2.23. The van der Waals surface area contributed by atoms with Crippen LogP contribution >= 0.6 is 15.9 Å². The van der Waals surface area contributed by atoms with Crippen molar-refractivity contribution >= 4 is 21.8 Å². The molecule has 1 aromatic heterocycles. The molecule has 0 N–H and O–H groups in total. The van der Waals surface area contributed by atoms with Gasteiger partial charge in [0.05, 0.1) is 5.69 Å². The number of halogens is 1. The molecule has 1 amide bonds. The third-order valence-corrected chi connectivity index (χ3v) is 4.99. The fraction of sp³-hybridized carbons (Fsp3) is 0.444. The number of benzene rings is 1. The van der Waals surface area contributed by atoms with E-state index in [1.807, 2.05) is 33.8 Å². The number of nitrogens with zero attached hydrogens (tertiary/aromatic N) is 4. The third kappa shape index (κ3) is 3.87. The molecule has 0 atom stereocenters. The van der Waals surface area contributed by atoms with E-state index in [1.54, 1.807) is 0 Å². The Bertz CT molecular complexity index is 720. The van der Waals surface area contributed by atoms with E-state index >= 15 is 0 Å². The number of aryl methyl sites for hydroxylation is 2. The molecule has 1 aliphatic heterocycles. The van der Waals surface area contributed by atoms with Gasteiger partial charge in [0, 0.05) is 61.1 Å². The minimum absolute atomic E-state index is 0.117. The van der Waals surface area contributed by atoms with Crippen LogP contribution in [0.15, 0.2) is 34.9 Å². The van der Waals surface area contributed by atoms with Crippen LogP contribution in [-0.4, -0.2) is 51.7 Å². The lowest BCUT2D eigenvalue weighted by molar-refractivity contribution is 0.0628. The van der Waals surface area contributed by atoms with Crippen molar-refractivity contribution in [3.63, 3.8) is 0 Å². The molecule has 1 fully saturated rings. The van der Waals surface area contributed by atoms with Crippen molar-refractivity contribution < 1.29 is 4.79 Å². The van der Waals surface area contributed by atoms with E-state index in [4.69, 9.17) is 0 Å². The maximum Gasteiger partial charge on any atom is 0.253 e. The molecule has 5 nitrogen and oxygen atoms in total. The van der Waals surface area contributed by atoms with Gasteiger partial charge in [0.1, 0.15) is 0 Å². The van der Waals surface area contributed by atoms with Gasteiger partial charge in [-0.15, -0.1) is 0 Å². The van der Waals surface area contributed by atoms with E-state index in [2.05, 4.69) is 46.0 Å². The van der Waals surface area contributed by atoms with Gasteiger partial charge in [-0.3, -0.25) is 14.4 Å². The lowest BCUT2D eigenvalue weighted by atomic mass is 10.1. The van der Waals surface area contributed by atoms with Gasteiger partial charge in [-0.2, -0.15) is 5.10 Å². The second-order valence-corrected chi connectivity index (χ2v) is 7.09. The number of piperazine rings is 1. The van der Waals surface area contributed by atoms with Crippen LogP contribution in [0.5, 0.6) is 0 Å². The zero-order valence-electron chi connectivity index (χ0n) is 14.2. The summed E-state index contributed by atoms with van der Waals surface area (Å²) in [5.41, 5.74) is 3.13. The van der Waals surface area contributed by atoms with Gasteiger partial charge >= 0.3 is 0 Å². The molecule has 0 spiro atoms. The van der Waals surface area contributed by atoms with E-state index in [1.165, 1.54) is 5.56 Å². The average Bonchev–Trinajstić information content (AvgIpc) is 2.95. The maximum atomic E-state index is 12.6. The molecule has 6 heteroatoms. The molecule has 3 rings (SSSR count). The van der Waals surface area contributed by atoms with Crippen molar-refractivity contribution in [3.8, 4) is 0 Å². The highest BCUT2D eigenvalue weighted by molar-refractivity contribution is 9.10. The monoisotopic (exact) mass is 390 g/mol. The molecule has 0 unspecified atom stereocenters. The van der Waals surface area contributed by atoms with Gasteiger partial charge < -0.3 is 4.90 Å². The number of aromatic nitrogens is 2. The van der Waals surface area contributed by atoms with E-state index in [0.29, 0.717) is 0 Å². The maximum absolute atomic E-state index is 12.6. The van der Waals surface area contributed by atoms with Crippen molar-refractivity contribution in [1.29, 1.82) is 0 Å². The summed E-state index contributed by atoms with van der Waals surface area (Å²) in [7, 11) is 0. The molecule has 1 aliphatic rings. The first-order valence-corrected chi connectivity index (χ1v) is 9.16. The third-order valence-electron chi connectivity index (χ3n) is 4.50. The highest BCUT2D eigenvalue weighted by Crippen LogP contribution is 2.16. The zero-order valence-corrected chi connectivity index (χ0v) is 15.8. The zero-order chi connectivity index (χ0) is 17.1. The van der Waals surface area contributed by atoms with Crippen LogP contribution in [0.1, 0.15) is 28.5 Å². The molecule has 24 heavy (non-hydrogen) atoms. The summed E-state index contributed by atoms with van der Waals surface area (Å²) in [4.78, 5) is 16.9. The number of carbonyl (C=O) groups is 1. The predicted molar refractivity (Wildman–Crippen MR) is 98.0 cm³/mol. The Balaban J connectivity index is 1.57. The molecule has 2 aromatic rings. The molecular formula is C18H23BrN4O. The number of carbonyl (C=O) groups excluding carboxylic acids is 1. The summed E-state index contributed by atoms with van der Waals surface area (Å²) >= 11 is 3.43. The number of hydrogen-bond acceptors (Lipinski definition) is 3. The summed E-state index contributed by atoms with van der Waals surface area (Å²) in [5.74, 6) is 0.117. The molecule has 2 heterocycles. The quantitative estimate of drug-likeness (QED) is 0.805. The van der Waals surface area contributed by atoms with Crippen molar-refractivity contribution in [2.24, 2.45) is 0 Å². The highest BCUT2D eigenvalue weighted by atomic mass is 79.9. The Labute approximate surface area is 151 Å². The van der Waals surface area contributed by atoms with E-state index in [9.17, 15) is 4.79 Å². The summed E-state index contributed by atoms with van der Waals surface area (Å²) in [6.45, 7) is 9.31. The standard InChI is InChI=1S/C18H23BrN4O/c1-3-23-13-16(14(2)20-23)12-21-7-9-22(10-8-21)18(24)15-5-4-6-17(19)11-15/h4-6,11,13H,3,7-10,12H2,1-2H3. The second-order valence-electron chi connectivity index (χ2n) is 6.17. The SMILES string of the molecule is CCn1cc(CN2CCN(C(=O)c3cccc(Br)c3)CC2)c(C)n1. The molecule has 0 bridgehead atoms. The number of hydrogen-bond donors (Lipinski definition) is 0. The topological polar surface area (TPSA) is 41.4 Å². The van der Waals surface area contributed by atoms with E-state index in [0.717, 1.165) is 55.0 Å². The Hall–Kier alpha value is -1.66. The second kappa shape index (κ2) is 7.49. The first-order chi connectivity index (χ1) is 11.6. The van der Waals surface area contributed by atoms with Crippen molar-refractivity contribution in [1.82, 2.24) is 19.6 Å². The predicted octanol–water partition coefficient (Wildman–Crippen LogP) is 2.93. The van der Waals surface area contributed by atoms with Crippen molar-refractivity contribution in [3.05, 3.63) is 51.8 Å². The van der Waals surface area contributed by atoms with Gasteiger partial charge in [-0.05, 0) is 32.0 Å². The van der Waals surface area contributed by atoms with Gasteiger partial charge in [-0.25, -0.2) is 0 Å². The van der Waals surface area contributed by atoms with E-state index < -0.39 is 0 Å². The van der Waals surface area contributed by atoms with Gasteiger partial charge in [0.2, 0.25) is 0 Å².